The topological polar surface area (TPSA) is 34.0 Å². The number of hydrogen-bond donors (Lipinski definition) is 0. The van der Waals surface area contributed by atoms with E-state index in [4.69, 9.17) is 0 Å². The van der Waals surface area contributed by atoms with E-state index in [2.05, 4.69) is 123 Å². The van der Waals surface area contributed by atoms with Gasteiger partial charge >= 0.3 is 0 Å². The molecule has 0 N–H and O–H groups in total. The largest absolute Gasteiger partial charge is 0.316 e. The third-order valence-corrected chi connectivity index (χ3v) is 8.18. The Bertz CT molecular complexity index is 2010. The minimum atomic E-state index is 0.971. The average molecular weight is 515 g/mol. The molecule has 3 aromatic carbocycles. The van der Waals surface area contributed by atoms with Crippen molar-refractivity contribution < 1.29 is 0 Å². The second-order valence-corrected chi connectivity index (χ2v) is 10.4. The molecular formula is C36H26N4. The van der Waals surface area contributed by atoms with Gasteiger partial charge in [-0.2, -0.15) is 0 Å². The fourth-order valence-corrected chi connectivity index (χ4v) is 6.33. The fourth-order valence-electron chi connectivity index (χ4n) is 6.33. The molecule has 4 heteroatoms. The Balaban J connectivity index is 1.43. The van der Waals surface area contributed by atoms with Crippen LogP contribution in [0.15, 0.2) is 134 Å². The summed E-state index contributed by atoms with van der Waals surface area (Å²) in [5.41, 5.74) is 13.1. The van der Waals surface area contributed by atoms with Crippen LogP contribution in [0, 0.1) is 0 Å². The molecule has 0 unspecified atom stereocenters. The number of allylic oxidation sites excluding steroid dienone is 4. The summed E-state index contributed by atoms with van der Waals surface area (Å²) in [6.45, 7) is 4.51. The van der Waals surface area contributed by atoms with Crippen LogP contribution in [0.25, 0.3) is 38.6 Å². The van der Waals surface area contributed by atoms with Gasteiger partial charge in [0.1, 0.15) is 0 Å². The van der Waals surface area contributed by atoms with Gasteiger partial charge < -0.3 is 9.47 Å². The number of para-hydroxylation sites is 2. The molecule has 3 aromatic heterocycles. The van der Waals surface area contributed by atoms with Gasteiger partial charge in [0.05, 0.1) is 16.7 Å². The van der Waals surface area contributed by atoms with Crippen LogP contribution in [0.1, 0.15) is 23.1 Å². The van der Waals surface area contributed by atoms with E-state index in [0.717, 1.165) is 41.0 Å². The second kappa shape index (κ2) is 8.92. The number of hydrogen-bond acceptors (Lipinski definition) is 3. The third-order valence-electron chi connectivity index (χ3n) is 8.18. The van der Waals surface area contributed by atoms with Crippen molar-refractivity contribution in [1.29, 1.82) is 0 Å². The Morgan fingerprint density at radius 3 is 2.20 bits per heavy atom. The standard InChI is InChI=1S/C36H26N4/c1-24-20-25-10-11-26-21-32-30-7-3-5-9-35(30)40(28-14-18-38-19-15-28)36(32)22-31(26)33(25)23-39(27-12-16-37-17-13-27)34-8-4-2-6-29(24)34/h2-9,12-23H,1,10-11H2/b25-20-,33-23+. The first-order valence-electron chi connectivity index (χ1n) is 13.6. The molecule has 0 saturated carbocycles. The van der Waals surface area contributed by atoms with Gasteiger partial charge in [0.25, 0.3) is 0 Å². The summed E-state index contributed by atoms with van der Waals surface area (Å²) in [5, 5.41) is 2.55. The Labute approximate surface area is 232 Å². The van der Waals surface area contributed by atoms with E-state index >= 15 is 0 Å². The molecule has 6 aromatic rings. The van der Waals surface area contributed by atoms with E-state index in [1.54, 1.807) is 0 Å². The number of benzene rings is 3. The molecule has 40 heavy (non-hydrogen) atoms. The minimum Gasteiger partial charge on any atom is -0.316 e. The zero-order chi connectivity index (χ0) is 26.6. The van der Waals surface area contributed by atoms with Gasteiger partial charge in [-0.25, -0.2) is 0 Å². The first-order chi connectivity index (χ1) is 19.8. The zero-order valence-electron chi connectivity index (χ0n) is 22.0. The van der Waals surface area contributed by atoms with Gasteiger partial charge in [-0.3, -0.25) is 9.97 Å². The highest BCUT2D eigenvalue weighted by Crippen LogP contribution is 2.45. The van der Waals surface area contributed by atoms with Gasteiger partial charge in [-0.05, 0) is 83.6 Å². The van der Waals surface area contributed by atoms with Gasteiger partial charge in [-0.1, -0.05) is 49.1 Å². The van der Waals surface area contributed by atoms with Crippen molar-refractivity contribution in [3.8, 4) is 5.69 Å². The lowest BCUT2D eigenvalue weighted by Gasteiger charge is -2.31. The number of rotatable bonds is 2. The number of pyridine rings is 2. The lowest BCUT2D eigenvalue weighted by molar-refractivity contribution is 0.939. The molecule has 0 saturated heterocycles. The van der Waals surface area contributed by atoms with Crippen molar-refractivity contribution >= 4 is 44.3 Å². The van der Waals surface area contributed by atoms with Crippen LogP contribution in [0.4, 0.5) is 11.4 Å². The first kappa shape index (κ1) is 22.7. The zero-order valence-corrected chi connectivity index (χ0v) is 22.0. The van der Waals surface area contributed by atoms with Crippen LogP contribution in [-0.2, 0) is 6.42 Å². The second-order valence-electron chi connectivity index (χ2n) is 10.4. The van der Waals surface area contributed by atoms with E-state index in [9.17, 15) is 0 Å². The minimum absolute atomic E-state index is 0.971. The Hall–Kier alpha value is -5.22. The normalized spacial score (nSPS) is 17.2. The van der Waals surface area contributed by atoms with E-state index in [1.807, 2.05) is 24.8 Å². The summed E-state index contributed by atoms with van der Waals surface area (Å²) < 4.78 is 2.36. The predicted octanol–water partition coefficient (Wildman–Crippen LogP) is 8.65. The van der Waals surface area contributed by atoms with Crippen molar-refractivity contribution in [1.82, 2.24) is 14.5 Å². The molecule has 4 nitrogen and oxygen atoms in total. The maximum Gasteiger partial charge on any atom is 0.0547 e. The molecule has 0 radical (unpaired) electrons. The van der Waals surface area contributed by atoms with Crippen molar-refractivity contribution in [3.63, 3.8) is 0 Å². The molecule has 0 spiro atoms. The molecule has 2 aliphatic rings. The predicted molar refractivity (Wildman–Crippen MR) is 165 cm³/mol. The Morgan fingerprint density at radius 2 is 1.38 bits per heavy atom. The van der Waals surface area contributed by atoms with Crippen molar-refractivity contribution in [3.05, 3.63) is 151 Å². The highest BCUT2D eigenvalue weighted by Gasteiger charge is 2.26. The van der Waals surface area contributed by atoms with Gasteiger partial charge in [0.15, 0.2) is 0 Å². The van der Waals surface area contributed by atoms with Crippen LogP contribution >= 0.6 is 0 Å². The van der Waals surface area contributed by atoms with Gasteiger partial charge in [-0.15, -0.1) is 0 Å². The van der Waals surface area contributed by atoms with Gasteiger partial charge in [0.2, 0.25) is 0 Å². The molecular weight excluding hydrogens is 488 g/mol. The monoisotopic (exact) mass is 514 g/mol. The maximum absolute atomic E-state index is 4.51. The summed E-state index contributed by atoms with van der Waals surface area (Å²) >= 11 is 0. The molecule has 0 amide bonds. The van der Waals surface area contributed by atoms with E-state index < -0.39 is 0 Å². The van der Waals surface area contributed by atoms with E-state index in [-0.39, 0.29) is 0 Å². The summed E-state index contributed by atoms with van der Waals surface area (Å²) in [5.74, 6) is 0. The highest BCUT2D eigenvalue weighted by atomic mass is 15.1. The van der Waals surface area contributed by atoms with Crippen molar-refractivity contribution in [2.75, 3.05) is 4.90 Å². The molecule has 0 bridgehead atoms. The fraction of sp³-hybridized carbons (Fsp3) is 0.0556. The lowest BCUT2D eigenvalue weighted by atomic mass is 9.81. The Morgan fingerprint density at radius 1 is 0.650 bits per heavy atom. The summed E-state index contributed by atoms with van der Waals surface area (Å²) in [7, 11) is 0. The van der Waals surface area contributed by atoms with Crippen molar-refractivity contribution in [2.24, 2.45) is 0 Å². The van der Waals surface area contributed by atoms with Gasteiger partial charge in [0, 0.05) is 64.3 Å². The highest BCUT2D eigenvalue weighted by molar-refractivity contribution is 6.11. The van der Waals surface area contributed by atoms with E-state index in [1.165, 1.54) is 44.1 Å². The number of anilines is 2. The third kappa shape index (κ3) is 3.46. The maximum atomic E-state index is 4.51. The molecule has 4 heterocycles. The van der Waals surface area contributed by atoms with Crippen LogP contribution in [0.5, 0.6) is 0 Å². The average Bonchev–Trinajstić information content (AvgIpc) is 3.33. The Kier molecular flexibility index (Phi) is 5.07. The smallest absolute Gasteiger partial charge is 0.0547 e. The van der Waals surface area contributed by atoms with Crippen LogP contribution < -0.4 is 4.90 Å². The number of fused-ring (bicyclic) bond motifs is 7. The molecule has 8 rings (SSSR count). The molecule has 0 fully saturated rings. The lowest BCUT2D eigenvalue weighted by Crippen LogP contribution is -2.16. The van der Waals surface area contributed by atoms with Crippen molar-refractivity contribution in [2.45, 2.75) is 12.8 Å². The van der Waals surface area contributed by atoms with E-state index in [0.29, 0.717) is 0 Å². The van der Waals surface area contributed by atoms with Crippen LogP contribution in [-0.4, -0.2) is 14.5 Å². The first-order valence-corrected chi connectivity index (χ1v) is 13.6. The van der Waals surface area contributed by atoms with Crippen LogP contribution in [0.3, 0.4) is 0 Å². The summed E-state index contributed by atoms with van der Waals surface area (Å²) in [6.07, 6.45) is 14.0. The summed E-state index contributed by atoms with van der Waals surface area (Å²) in [4.78, 5) is 10.8. The quantitative estimate of drug-likeness (QED) is 0.232. The number of aromatic nitrogens is 3. The van der Waals surface area contributed by atoms with Crippen LogP contribution in [0.2, 0.25) is 0 Å². The number of aryl methyl sites for hydroxylation is 1. The number of nitrogens with zero attached hydrogens (tertiary/aromatic N) is 4. The summed E-state index contributed by atoms with van der Waals surface area (Å²) in [6, 6.07) is 30.3. The SMILES string of the molecule is C=C1/C=C2/CCc3cc4c5ccccc5n(-c5ccncc5)c4cc3/C2=C/N(c2ccncc2)c2ccccc21. The molecule has 1 aliphatic heterocycles. The molecule has 0 atom stereocenters. The molecule has 190 valence electrons. The molecule has 1 aliphatic carbocycles.